The highest BCUT2D eigenvalue weighted by atomic mass is 16.5. The summed E-state index contributed by atoms with van der Waals surface area (Å²) in [7, 11) is 0. The van der Waals surface area contributed by atoms with Crippen molar-refractivity contribution in [1.29, 1.82) is 0 Å². The SMILES string of the molecule is O=C(CCc1ccccc1)Nc1ccc(NC(=O)CNc2ccc(C(=O)N3CCOCC3)cc2)cc1. The number of ether oxygens (including phenoxy) is 1. The molecule has 4 rings (SSSR count). The molecule has 1 aliphatic heterocycles. The van der Waals surface area contributed by atoms with E-state index in [1.54, 1.807) is 53.4 Å². The number of rotatable bonds is 9. The number of carbonyl (C=O) groups excluding carboxylic acids is 3. The number of carbonyl (C=O) groups is 3. The largest absolute Gasteiger partial charge is 0.378 e. The molecule has 8 nitrogen and oxygen atoms in total. The number of amides is 3. The predicted octanol–water partition coefficient (Wildman–Crippen LogP) is 3.78. The molecule has 8 heteroatoms. The molecule has 1 heterocycles. The van der Waals surface area contributed by atoms with Gasteiger partial charge < -0.3 is 25.6 Å². The third-order valence-corrected chi connectivity index (χ3v) is 5.82. The molecule has 0 aliphatic carbocycles. The first-order chi connectivity index (χ1) is 17.6. The molecule has 3 aromatic carbocycles. The molecule has 1 fully saturated rings. The summed E-state index contributed by atoms with van der Waals surface area (Å²) in [6.45, 7) is 2.40. The van der Waals surface area contributed by atoms with Crippen LogP contribution in [0.5, 0.6) is 0 Å². The number of hydrogen-bond donors (Lipinski definition) is 3. The van der Waals surface area contributed by atoms with Crippen molar-refractivity contribution in [1.82, 2.24) is 4.90 Å². The highest BCUT2D eigenvalue weighted by Crippen LogP contribution is 2.15. The Hall–Kier alpha value is -4.17. The summed E-state index contributed by atoms with van der Waals surface area (Å²) in [6.07, 6.45) is 1.08. The molecule has 0 radical (unpaired) electrons. The Balaban J connectivity index is 1.19. The van der Waals surface area contributed by atoms with Crippen molar-refractivity contribution >= 4 is 34.8 Å². The third-order valence-electron chi connectivity index (χ3n) is 5.82. The Morgan fingerprint density at radius 1 is 0.722 bits per heavy atom. The average Bonchev–Trinajstić information content (AvgIpc) is 2.93. The van der Waals surface area contributed by atoms with Gasteiger partial charge in [-0.05, 0) is 60.5 Å². The summed E-state index contributed by atoms with van der Waals surface area (Å²) in [4.78, 5) is 38.8. The summed E-state index contributed by atoms with van der Waals surface area (Å²) in [5.74, 6) is -0.279. The second kappa shape index (κ2) is 12.5. The van der Waals surface area contributed by atoms with Gasteiger partial charge in [-0.15, -0.1) is 0 Å². The summed E-state index contributed by atoms with van der Waals surface area (Å²) in [6, 6.07) is 24.0. The minimum atomic E-state index is -0.205. The van der Waals surface area contributed by atoms with E-state index in [2.05, 4.69) is 16.0 Å². The molecule has 0 unspecified atom stereocenters. The van der Waals surface area contributed by atoms with Crippen LogP contribution in [0.15, 0.2) is 78.9 Å². The molecular formula is C28H30N4O4. The van der Waals surface area contributed by atoms with Crippen LogP contribution in [0, 0.1) is 0 Å². The molecule has 0 aromatic heterocycles. The van der Waals surface area contributed by atoms with Crippen molar-refractivity contribution in [3.63, 3.8) is 0 Å². The maximum Gasteiger partial charge on any atom is 0.254 e. The first kappa shape index (κ1) is 24.9. The van der Waals surface area contributed by atoms with Crippen LogP contribution in [0.1, 0.15) is 22.3 Å². The van der Waals surface area contributed by atoms with E-state index in [1.165, 1.54) is 0 Å². The van der Waals surface area contributed by atoms with Crippen LogP contribution in [-0.4, -0.2) is 55.5 Å². The van der Waals surface area contributed by atoms with Crippen molar-refractivity contribution in [3.8, 4) is 0 Å². The van der Waals surface area contributed by atoms with Gasteiger partial charge in [0.1, 0.15) is 0 Å². The maximum absolute atomic E-state index is 12.5. The Morgan fingerprint density at radius 3 is 1.94 bits per heavy atom. The minimum absolute atomic E-state index is 0.0153. The maximum atomic E-state index is 12.5. The summed E-state index contributed by atoms with van der Waals surface area (Å²) in [5, 5.41) is 8.76. The fourth-order valence-corrected chi connectivity index (χ4v) is 3.83. The lowest BCUT2D eigenvalue weighted by Gasteiger charge is -2.26. The Morgan fingerprint density at radius 2 is 1.31 bits per heavy atom. The summed E-state index contributed by atoms with van der Waals surface area (Å²) < 4.78 is 5.29. The van der Waals surface area contributed by atoms with E-state index in [9.17, 15) is 14.4 Å². The number of aryl methyl sites for hydroxylation is 1. The van der Waals surface area contributed by atoms with E-state index in [0.29, 0.717) is 56.1 Å². The van der Waals surface area contributed by atoms with Crippen molar-refractivity contribution in [2.45, 2.75) is 12.8 Å². The van der Waals surface area contributed by atoms with Crippen LogP contribution < -0.4 is 16.0 Å². The first-order valence-electron chi connectivity index (χ1n) is 12.0. The molecule has 3 N–H and O–H groups in total. The molecular weight excluding hydrogens is 456 g/mol. The van der Waals surface area contributed by atoms with Gasteiger partial charge in [0.2, 0.25) is 11.8 Å². The zero-order chi connectivity index (χ0) is 25.2. The van der Waals surface area contributed by atoms with Crippen LogP contribution >= 0.6 is 0 Å². The molecule has 1 saturated heterocycles. The number of morpholine rings is 1. The standard InChI is InChI=1S/C28H30N4O4/c33-26(15-6-21-4-2-1-3-5-21)30-24-11-13-25(14-12-24)31-27(34)20-29-23-9-7-22(8-10-23)28(35)32-16-18-36-19-17-32/h1-5,7-14,29H,6,15-20H2,(H,30,33)(H,31,34). The van der Waals surface area contributed by atoms with Gasteiger partial charge in [0.05, 0.1) is 19.8 Å². The summed E-state index contributed by atoms with van der Waals surface area (Å²) in [5.41, 5.74) is 3.79. The monoisotopic (exact) mass is 486 g/mol. The van der Waals surface area contributed by atoms with Crippen LogP contribution in [-0.2, 0) is 20.7 Å². The van der Waals surface area contributed by atoms with Gasteiger partial charge in [-0.25, -0.2) is 0 Å². The molecule has 0 spiro atoms. The number of anilines is 3. The lowest BCUT2D eigenvalue weighted by molar-refractivity contribution is -0.116. The molecule has 3 amide bonds. The van der Waals surface area contributed by atoms with E-state index >= 15 is 0 Å². The van der Waals surface area contributed by atoms with E-state index < -0.39 is 0 Å². The molecule has 0 bridgehead atoms. The fraction of sp³-hybridized carbons (Fsp3) is 0.250. The smallest absolute Gasteiger partial charge is 0.254 e. The quantitative estimate of drug-likeness (QED) is 0.428. The minimum Gasteiger partial charge on any atom is -0.378 e. The van der Waals surface area contributed by atoms with Gasteiger partial charge >= 0.3 is 0 Å². The second-order valence-corrected chi connectivity index (χ2v) is 8.49. The Bertz CT molecular complexity index is 1160. The highest BCUT2D eigenvalue weighted by Gasteiger charge is 2.18. The average molecular weight is 487 g/mol. The zero-order valence-corrected chi connectivity index (χ0v) is 20.0. The van der Waals surface area contributed by atoms with Crippen molar-refractivity contribution in [2.75, 3.05) is 48.8 Å². The van der Waals surface area contributed by atoms with Crippen molar-refractivity contribution in [2.24, 2.45) is 0 Å². The normalized spacial score (nSPS) is 13.1. The Kier molecular flexibility index (Phi) is 8.67. The molecule has 0 atom stereocenters. The Labute approximate surface area is 210 Å². The molecule has 36 heavy (non-hydrogen) atoms. The molecule has 1 aliphatic rings. The topological polar surface area (TPSA) is 99.8 Å². The van der Waals surface area contributed by atoms with Crippen LogP contribution in [0.3, 0.4) is 0 Å². The van der Waals surface area contributed by atoms with Crippen molar-refractivity contribution in [3.05, 3.63) is 90.0 Å². The zero-order valence-electron chi connectivity index (χ0n) is 20.0. The van der Waals surface area contributed by atoms with Gasteiger partial charge in [-0.2, -0.15) is 0 Å². The van der Waals surface area contributed by atoms with E-state index in [1.807, 2.05) is 30.3 Å². The molecule has 186 valence electrons. The van der Waals surface area contributed by atoms with E-state index in [-0.39, 0.29) is 24.3 Å². The van der Waals surface area contributed by atoms with Crippen LogP contribution in [0.4, 0.5) is 17.1 Å². The third kappa shape index (κ3) is 7.41. The van der Waals surface area contributed by atoms with Crippen molar-refractivity contribution < 1.29 is 19.1 Å². The van der Waals surface area contributed by atoms with Crippen LogP contribution in [0.25, 0.3) is 0 Å². The fourth-order valence-electron chi connectivity index (χ4n) is 3.83. The number of hydrogen-bond acceptors (Lipinski definition) is 5. The molecule has 0 saturated carbocycles. The van der Waals surface area contributed by atoms with Gasteiger partial charge in [-0.1, -0.05) is 30.3 Å². The van der Waals surface area contributed by atoms with Gasteiger partial charge in [0.25, 0.3) is 5.91 Å². The number of nitrogens with one attached hydrogen (secondary N) is 3. The van der Waals surface area contributed by atoms with Crippen LogP contribution in [0.2, 0.25) is 0 Å². The van der Waals surface area contributed by atoms with Gasteiger partial charge in [0, 0.05) is 42.1 Å². The highest BCUT2D eigenvalue weighted by molar-refractivity contribution is 5.96. The lowest BCUT2D eigenvalue weighted by Crippen LogP contribution is -2.40. The van der Waals surface area contributed by atoms with E-state index in [4.69, 9.17) is 4.74 Å². The first-order valence-corrected chi connectivity index (χ1v) is 12.0. The van der Waals surface area contributed by atoms with Gasteiger partial charge in [-0.3, -0.25) is 14.4 Å². The van der Waals surface area contributed by atoms with E-state index in [0.717, 1.165) is 11.3 Å². The van der Waals surface area contributed by atoms with Gasteiger partial charge in [0.15, 0.2) is 0 Å². The molecule has 3 aromatic rings. The number of benzene rings is 3. The number of nitrogens with zero attached hydrogens (tertiary/aromatic N) is 1. The second-order valence-electron chi connectivity index (χ2n) is 8.49. The lowest BCUT2D eigenvalue weighted by atomic mass is 10.1. The summed E-state index contributed by atoms with van der Waals surface area (Å²) >= 11 is 0. The predicted molar refractivity (Wildman–Crippen MR) is 140 cm³/mol.